The molecule has 9 N–H and O–H groups in total. The fraction of sp³-hybridized carbons (Fsp3) is 0.437. The lowest BCUT2D eigenvalue weighted by Gasteiger charge is -2.46. The first-order valence-corrected chi connectivity index (χ1v) is 38.7. The molecule has 0 bridgehead atoms. The molecule has 2 spiro atoms. The number of ketones is 1. The Labute approximate surface area is 635 Å². The van der Waals surface area contributed by atoms with Crippen molar-refractivity contribution in [3.05, 3.63) is 123 Å². The van der Waals surface area contributed by atoms with Gasteiger partial charge in [-0.1, -0.05) is 58.0 Å². The number of ether oxygens (including phenoxy) is 1. The normalized spacial score (nSPS) is 19.4. The Morgan fingerprint density at radius 3 is 1.52 bits per heavy atom. The van der Waals surface area contributed by atoms with Gasteiger partial charge in [-0.2, -0.15) is 24.7 Å². The minimum atomic E-state index is -3.25. The summed E-state index contributed by atoms with van der Waals surface area (Å²) in [6.45, 7) is 16.4. The second-order valence-corrected chi connectivity index (χ2v) is 32.6. The van der Waals surface area contributed by atoms with Gasteiger partial charge >= 0.3 is 18.5 Å². The van der Waals surface area contributed by atoms with E-state index in [0.29, 0.717) is 153 Å². The molecule has 10 aromatic rings. The van der Waals surface area contributed by atoms with Crippen LogP contribution in [0.25, 0.3) is 54.7 Å². The lowest BCUT2D eigenvalue weighted by atomic mass is 9.85. The van der Waals surface area contributed by atoms with Crippen LogP contribution in [-0.4, -0.2) is 206 Å². The third-order valence-electron chi connectivity index (χ3n) is 20.8. The fourth-order valence-electron chi connectivity index (χ4n) is 15.5. The summed E-state index contributed by atoms with van der Waals surface area (Å²) < 4.78 is 37.7. The summed E-state index contributed by atoms with van der Waals surface area (Å²) in [5.74, 6) is 5.91. The molecular formula is C71H83Cl5N19O10S+. The number of hydrogen-bond acceptors (Lipinski definition) is 19. The molecule has 0 saturated carbocycles. The number of anilines is 4. The first-order valence-electron chi connectivity index (χ1n) is 35.0. The van der Waals surface area contributed by atoms with Gasteiger partial charge in [0.05, 0.1) is 70.9 Å². The Kier molecular flexibility index (Phi) is 21.5. The Morgan fingerprint density at radius 1 is 0.585 bits per heavy atom. The molecular weight excluding hydrogens is 1490 g/mol. The lowest BCUT2D eigenvalue weighted by Crippen LogP contribution is -2.60. The van der Waals surface area contributed by atoms with Crippen LogP contribution >= 0.6 is 58.0 Å². The minimum absolute atomic E-state index is 0.103. The molecule has 7 aliphatic heterocycles. The van der Waals surface area contributed by atoms with Crippen LogP contribution < -0.4 is 40.8 Å². The van der Waals surface area contributed by atoms with Gasteiger partial charge in [-0.15, -0.1) is 0 Å². The molecule has 0 atom stereocenters. The standard InChI is InChI=1S/C17H20ClN5O2.C16H18ClN5O2.C14H20ClN4O3S.C12H12ClN3O.C12H13ClN2O2/c1-10(2)23-15(24)17(20-16(23)25)3-5-22(6-4-17)14-8-11(18)7-13-12(14)9-19-21-13;1-2-22-14(23)16(19-15(22)24)3-5-21(6-4-16)13-8-10(17)7-12-11(13)9-18-20-12;1-14(2)8-17(4-5-19(14)23(3,20)21)11-6-10(15)7-12-13(11)22-9-18(12)16;13-8-4-11-10(6-14-15-11)12(5-8)16-3-1-2-9(17)7-16;13-8-5-10(9-7-14-15-11(9)6-8)12(16)1-3-17-4-2-12/h7-10H,3-6H2,1-2H3,(H,19,21)(H,20,25);7-9H,2-6H2,1H3,(H,18,20)(H,19,24);6-7,9H,4-5,8,16H2,1-3H3;4-6H,1-3,7H2,(H,14,15);5-7,16H,1-4H2,(H,14,15)/q;;+1;;. The number of aliphatic hydroxyl groups is 1. The number of hydrogen-bond donors (Lipinski definition) is 8. The van der Waals surface area contributed by atoms with Gasteiger partial charge in [0.15, 0.2) is 5.78 Å². The summed E-state index contributed by atoms with van der Waals surface area (Å²) in [5, 5.41) is 51.5. The summed E-state index contributed by atoms with van der Waals surface area (Å²) >= 11 is 30.8. The van der Waals surface area contributed by atoms with Crippen molar-refractivity contribution < 1.29 is 51.3 Å². The number of piperazine rings is 1. The highest BCUT2D eigenvalue weighted by molar-refractivity contribution is 7.88. The maximum atomic E-state index is 12.8. The number of imide groups is 2. The van der Waals surface area contributed by atoms with Crippen LogP contribution in [0.5, 0.6) is 0 Å². The lowest BCUT2D eigenvalue weighted by molar-refractivity contribution is -0.616. The minimum Gasteiger partial charge on any atom is -0.399 e. The number of Topliss-reactive ketones (excluding diaryl/α,β-unsaturated/α-hetero) is 1. The summed E-state index contributed by atoms with van der Waals surface area (Å²) in [6, 6.07) is 17.8. The van der Waals surface area contributed by atoms with Crippen LogP contribution in [0, 0.1) is 0 Å². The highest BCUT2D eigenvalue weighted by Gasteiger charge is 2.54. The van der Waals surface area contributed by atoms with Crippen LogP contribution in [0.3, 0.4) is 0 Å². The van der Waals surface area contributed by atoms with E-state index in [1.54, 1.807) is 30.9 Å². The maximum Gasteiger partial charge on any atom is 0.364 e. The van der Waals surface area contributed by atoms with Gasteiger partial charge in [-0.05, 0) is 132 Å². The Bertz CT molecular complexity index is 5120. The zero-order valence-corrected chi connectivity index (χ0v) is 63.8. The third-order valence-corrected chi connectivity index (χ3v) is 23.3. The molecule has 5 aromatic heterocycles. The van der Waals surface area contributed by atoms with Crippen LogP contribution in [0.4, 0.5) is 32.3 Å². The van der Waals surface area contributed by atoms with Gasteiger partial charge in [0, 0.05) is 173 Å². The topological polar surface area (TPSA) is 353 Å². The Hall–Kier alpha value is -8.72. The van der Waals surface area contributed by atoms with E-state index < -0.39 is 32.2 Å². The van der Waals surface area contributed by atoms with Crippen molar-refractivity contribution in [2.45, 2.75) is 114 Å². The summed E-state index contributed by atoms with van der Waals surface area (Å²) in [6.07, 6.45) is 14.8. The number of carbonyl (C=O) groups excluding carboxylic acids is 5. The molecule has 0 radical (unpaired) electrons. The first kappa shape index (κ1) is 75.5. The molecule has 0 unspecified atom stereocenters. The molecule has 7 aliphatic rings. The number of nitrogens with one attached hydrogen (secondary N) is 6. The van der Waals surface area contributed by atoms with E-state index in [4.69, 9.17) is 73.0 Å². The van der Waals surface area contributed by atoms with Gasteiger partial charge in [-0.3, -0.25) is 44.6 Å². The molecule has 0 aliphatic carbocycles. The number of rotatable bonds is 8. The number of aromatic nitrogens is 9. The number of H-pyrrole nitrogens is 4. The van der Waals surface area contributed by atoms with Crippen molar-refractivity contribution in [1.29, 1.82) is 0 Å². The summed E-state index contributed by atoms with van der Waals surface area (Å²) in [7, 11) is -3.25. The number of likely N-dealkylation sites (N-methyl/N-ethyl adjacent to an activating group) is 1. The van der Waals surface area contributed by atoms with Gasteiger partial charge < -0.3 is 44.5 Å². The van der Waals surface area contributed by atoms with E-state index in [-0.39, 0.29) is 35.7 Å². The number of piperidine rings is 3. The highest BCUT2D eigenvalue weighted by atomic mass is 35.5. The predicted molar refractivity (Wildman–Crippen MR) is 409 cm³/mol. The van der Waals surface area contributed by atoms with E-state index in [1.165, 1.54) is 31.4 Å². The molecule has 7 fully saturated rings. The largest absolute Gasteiger partial charge is 0.399 e. The smallest absolute Gasteiger partial charge is 0.364 e. The van der Waals surface area contributed by atoms with Gasteiger partial charge in [0.1, 0.15) is 11.1 Å². The van der Waals surface area contributed by atoms with Gasteiger partial charge in [0.25, 0.3) is 17.3 Å². The molecule has 106 heavy (non-hydrogen) atoms. The molecule has 6 amide bonds. The number of aromatic amines is 4. The number of carbonyl (C=O) groups is 5. The number of amides is 6. The van der Waals surface area contributed by atoms with Crippen LogP contribution in [0.15, 0.2) is 96.3 Å². The van der Waals surface area contributed by atoms with Crippen molar-refractivity contribution in [2.75, 3.05) is 110 Å². The van der Waals surface area contributed by atoms with Crippen LogP contribution in [-0.2, 0) is 34.7 Å². The predicted octanol–water partition coefficient (Wildman–Crippen LogP) is 10.2. The number of nitrogens with two attached hydrogens (primary N) is 1. The molecule has 29 nitrogen and oxygen atoms in total. The first-order chi connectivity index (χ1) is 50.5. The Balaban J connectivity index is 0.000000118. The van der Waals surface area contributed by atoms with E-state index >= 15 is 0 Å². The van der Waals surface area contributed by atoms with Crippen molar-refractivity contribution in [1.82, 2.24) is 65.5 Å². The molecule has 17 rings (SSSR count). The number of fused-ring (bicyclic) bond motifs is 5. The zero-order chi connectivity index (χ0) is 75.4. The van der Waals surface area contributed by atoms with Crippen LogP contribution in [0.2, 0.25) is 25.1 Å². The second kappa shape index (κ2) is 30.1. The molecule has 35 heteroatoms. The van der Waals surface area contributed by atoms with E-state index in [1.807, 2.05) is 89.2 Å². The Morgan fingerprint density at radius 2 is 1.05 bits per heavy atom. The van der Waals surface area contributed by atoms with Crippen molar-refractivity contribution in [3.63, 3.8) is 0 Å². The average Bonchev–Trinajstić information content (AvgIpc) is 1.59. The number of benzene rings is 5. The fourth-order valence-corrected chi connectivity index (χ4v) is 17.9. The maximum absolute atomic E-state index is 12.8. The van der Waals surface area contributed by atoms with Crippen molar-refractivity contribution >= 4 is 175 Å². The van der Waals surface area contributed by atoms with E-state index in [2.05, 4.69) is 71.0 Å². The van der Waals surface area contributed by atoms with Crippen molar-refractivity contribution in [2.24, 2.45) is 0 Å². The second-order valence-electron chi connectivity index (χ2n) is 28.6. The average molecular weight is 1570 g/mol. The number of urea groups is 2. The highest BCUT2D eigenvalue weighted by Crippen LogP contribution is 2.42. The molecule has 5 aromatic carbocycles. The van der Waals surface area contributed by atoms with Crippen LogP contribution in [0.1, 0.15) is 91.5 Å². The third kappa shape index (κ3) is 15.2. The quantitative estimate of drug-likeness (QED) is 0.0398. The number of nitrogens with zero attached hydrogens (tertiary/aromatic N) is 12. The SMILES string of the molecule is CC(C)N1C(=O)NC2(CCN(c3cc(Cl)cc4[nH]ncc34)CC2)C1=O.CC1(C)CN(c2cc(Cl)cc3c2oc[n+]3N)CCN1S(C)(=O)=O.CCN1C(=O)NC2(CCN(c3cc(Cl)cc4[nH]ncc34)CC2)C1=O.O=C1CCCN(c2cc(Cl)cc3[nH]ncc23)C1.OC1(c2cc(Cl)cc3[nH]ncc23)CCOCC1. The zero-order valence-electron chi connectivity index (χ0n) is 59.2. The van der Waals surface area contributed by atoms with E-state index in [9.17, 15) is 37.5 Å². The van der Waals surface area contributed by atoms with Gasteiger partial charge in [-0.25, -0.2) is 23.8 Å². The van der Waals surface area contributed by atoms with E-state index in [0.717, 1.165) is 84.9 Å². The number of halogens is 5. The molecule has 562 valence electrons. The molecule has 12 heterocycles. The number of nitrogen functional groups attached to an aromatic ring is 1. The number of sulfonamides is 1. The molecule has 7 saturated heterocycles. The van der Waals surface area contributed by atoms with Crippen molar-refractivity contribution in [3.8, 4) is 0 Å². The van der Waals surface area contributed by atoms with Gasteiger partial charge in [0.2, 0.25) is 15.6 Å². The number of oxazole rings is 1. The summed E-state index contributed by atoms with van der Waals surface area (Å²) in [4.78, 5) is 72.2. The monoisotopic (exact) mass is 1570 g/mol. The summed E-state index contributed by atoms with van der Waals surface area (Å²) in [5.41, 5.74) is 6.62.